The molecule has 0 bridgehead atoms. The van der Waals surface area contributed by atoms with Gasteiger partial charge in [-0.25, -0.2) is 4.79 Å². The third-order valence-corrected chi connectivity index (χ3v) is 4.35. The maximum absolute atomic E-state index is 12.7. The van der Waals surface area contributed by atoms with Gasteiger partial charge in [0.05, 0.1) is 31.1 Å². The number of carbonyl (C=O) groups excluding carboxylic acids is 1. The highest BCUT2D eigenvalue weighted by Crippen LogP contribution is 2.45. The molecule has 1 atom stereocenters. The second-order valence-corrected chi connectivity index (χ2v) is 8.28. The maximum Gasteiger partial charge on any atom is 0.414 e. The summed E-state index contributed by atoms with van der Waals surface area (Å²) in [4.78, 5) is 14.2. The number of nitrogens with zero attached hydrogens (tertiary/aromatic N) is 2. The number of nitriles is 1. The van der Waals surface area contributed by atoms with Gasteiger partial charge in [-0.05, 0) is 38.5 Å². The smallest absolute Gasteiger partial charge is 0.414 e. The van der Waals surface area contributed by atoms with Gasteiger partial charge >= 0.3 is 6.09 Å². The number of aliphatic hydroxyl groups excluding tert-OH is 1. The number of rotatable bonds is 4. The van der Waals surface area contributed by atoms with Crippen LogP contribution >= 0.6 is 15.9 Å². The van der Waals surface area contributed by atoms with Gasteiger partial charge in [-0.2, -0.15) is 5.26 Å². The van der Waals surface area contributed by atoms with Crippen molar-refractivity contribution < 1.29 is 19.4 Å². The van der Waals surface area contributed by atoms with Crippen LogP contribution in [0.15, 0.2) is 16.6 Å². The molecule has 6 nitrogen and oxygen atoms in total. The van der Waals surface area contributed by atoms with E-state index in [4.69, 9.17) is 14.6 Å². The van der Waals surface area contributed by atoms with Gasteiger partial charge in [-0.1, -0.05) is 22.9 Å². The summed E-state index contributed by atoms with van der Waals surface area (Å²) in [6.45, 7) is 8.20. The number of anilines is 1. The first-order valence-corrected chi connectivity index (χ1v) is 8.84. The molecule has 0 spiro atoms. The number of hydrogen-bond donors (Lipinski definition) is 1. The second-order valence-electron chi connectivity index (χ2n) is 7.36. The average molecular weight is 411 g/mol. The van der Waals surface area contributed by atoms with Crippen LogP contribution in [0.2, 0.25) is 0 Å². The van der Waals surface area contributed by atoms with Crippen LogP contribution in [-0.4, -0.2) is 43.2 Å². The van der Waals surface area contributed by atoms with Crippen molar-refractivity contribution in [2.45, 2.75) is 38.7 Å². The first-order chi connectivity index (χ1) is 11.6. The number of amides is 1. The molecule has 2 rings (SSSR count). The monoisotopic (exact) mass is 410 g/mol. The van der Waals surface area contributed by atoms with Gasteiger partial charge in [-0.3, -0.25) is 4.90 Å². The van der Waals surface area contributed by atoms with Gasteiger partial charge in [0, 0.05) is 16.4 Å². The molecular formula is C18H23BrN2O4. The maximum atomic E-state index is 12.7. The van der Waals surface area contributed by atoms with Gasteiger partial charge in [0.2, 0.25) is 0 Å². The SMILES string of the molecule is CC(C)(C)OC(=O)N1CC(C)(COCCO)c2cc(Br)cc(C#N)c21. The fourth-order valence-corrected chi connectivity index (χ4v) is 3.36. The van der Waals surface area contributed by atoms with E-state index in [2.05, 4.69) is 22.0 Å². The molecule has 1 unspecified atom stereocenters. The highest BCUT2D eigenvalue weighted by molar-refractivity contribution is 9.10. The lowest BCUT2D eigenvalue weighted by Gasteiger charge is -2.27. The largest absolute Gasteiger partial charge is 0.443 e. The summed E-state index contributed by atoms with van der Waals surface area (Å²) in [5.41, 5.74) is 0.682. The summed E-state index contributed by atoms with van der Waals surface area (Å²) < 4.78 is 11.8. The highest BCUT2D eigenvalue weighted by Gasteiger charge is 2.44. The van der Waals surface area contributed by atoms with Crippen molar-refractivity contribution in [3.05, 3.63) is 27.7 Å². The summed E-state index contributed by atoms with van der Waals surface area (Å²) in [5, 5.41) is 18.5. The van der Waals surface area contributed by atoms with Gasteiger partial charge < -0.3 is 14.6 Å². The van der Waals surface area contributed by atoms with E-state index >= 15 is 0 Å². The van der Waals surface area contributed by atoms with E-state index in [1.807, 2.05) is 13.0 Å². The molecule has 7 heteroatoms. The van der Waals surface area contributed by atoms with E-state index in [1.165, 1.54) is 4.90 Å². The van der Waals surface area contributed by atoms with Crippen LogP contribution in [0, 0.1) is 11.3 Å². The van der Waals surface area contributed by atoms with Gasteiger partial charge in [0.15, 0.2) is 0 Å². The molecule has 1 heterocycles. The van der Waals surface area contributed by atoms with Crippen molar-refractivity contribution in [3.63, 3.8) is 0 Å². The average Bonchev–Trinajstić information content (AvgIpc) is 2.79. The van der Waals surface area contributed by atoms with Crippen LogP contribution in [0.3, 0.4) is 0 Å². The fraction of sp³-hybridized carbons (Fsp3) is 0.556. The predicted molar refractivity (Wildman–Crippen MR) is 97.7 cm³/mol. The van der Waals surface area contributed by atoms with Crippen molar-refractivity contribution in [1.29, 1.82) is 5.26 Å². The molecule has 1 N–H and O–H groups in total. The minimum Gasteiger partial charge on any atom is -0.443 e. The number of benzene rings is 1. The van der Waals surface area contributed by atoms with Gasteiger partial charge in [0.25, 0.3) is 0 Å². The first-order valence-electron chi connectivity index (χ1n) is 8.04. The van der Waals surface area contributed by atoms with E-state index in [1.54, 1.807) is 26.8 Å². The molecule has 1 aromatic rings. The molecule has 1 aliphatic rings. The lowest BCUT2D eigenvalue weighted by atomic mass is 9.85. The van der Waals surface area contributed by atoms with Crippen LogP contribution in [0.25, 0.3) is 0 Å². The van der Waals surface area contributed by atoms with Gasteiger partial charge in [-0.15, -0.1) is 0 Å². The zero-order chi connectivity index (χ0) is 18.8. The Kier molecular flexibility index (Phi) is 5.77. The predicted octanol–water partition coefficient (Wildman–Crippen LogP) is 3.34. The Morgan fingerprint density at radius 3 is 2.72 bits per heavy atom. The highest BCUT2D eigenvalue weighted by atomic mass is 79.9. The second kappa shape index (κ2) is 7.32. The minimum absolute atomic E-state index is 0.0688. The van der Waals surface area contributed by atoms with E-state index in [-0.39, 0.29) is 13.2 Å². The molecule has 0 saturated heterocycles. The molecule has 0 aliphatic carbocycles. The summed E-state index contributed by atoms with van der Waals surface area (Å²) >= 11 is 3.43. The first kappa shape index (κ1) is 19.7. The molecule has 0 saturated carbocycles. The Balaban J connectivity index is 2.47. The Bertz CT molecular complexity index is 708. The molecule has 1 aromatic carbocycles. The number of hydrogen-bond acceptors (Lipinski definition) is 5. The molecular weight excluding hydrogens is 388 g/mol. The molecule has 1 amide bonds. The third kappa shape index (κ3) is 4.32. The van der Waals surface area contributed by atoms with Gasteiger partial charge in [0.1, 0.15) is 11.7 Å². The number of fused-ring (bicyclic) bond motifs is 1. The molecule has 25 heavy (non-hydrogen) atoms. The topological polar surface area (TPSA) is 82.8 Å². The van der Waals surface area contributed by atoms with E-state index < -0.39 is 17.1 Å². The quantitative estimate of drug-likeness (QED) is 0.769. The van der Waals surface area contributed by atoms with Crippen molar-refractivity contribution in [2.75, 3.05) is 31.3 Å². The van der Waals surface area contributed by atoms with Crippen LogP contribution in [0.5, 0.6) is 0 Å². The van der Waals surface area contributed by atoms with E-state index in [0.29, 0.717) is 24.4 Å². The summed E-state index contributed by atoms with van der Waals surface area (Å²) in [5.74, 6) is 0. The lowest BCUT2D eigenvalue weighted by Crippen LogP contribution is -2.41. The fourth-order valence-electron chi connectivity index (χ4n) is 2.91. The lowest BCUT2D eigenvalue weighted by molar-refractivity contribution is 0.0524. The Labute approximate surface area is 156 Å². The van der Waals surface area contributed by atoms with Crippen molar-refractivity contribution >= 4 is 27.7 Å². The number of carbonyl (C=O) groups is 1. The van der Waals surface area contributed by atoms with Crippen molar-refractivity contribution in [2.24, 2.45) is 0 Å². The molecule has 136 valence electrons. The molecule has 0 radical (unpaired) electrons. The van der Waals surface area contributed by atoms with Crippen LogP contribution < -0.4 is 4.90 Å². The van der Waals surface area contributed by atoms with Crippen molar-refractivity contribution in [3.8, 4) is 6.07 Å². The zero-order valence-electron chi connectivity index (χ0n) is 14.9. The Morgan fingerprint density at radius 1 is 1.48 bits per heavy atom. The van der Waals surface area contributed by atoms with Crippen LogP contribution in [0.1, 0.15) is 38.8 Å². The zero-order valence-corrected chi connectivity index (χ0v) is 16.5. The number of aliphatic hydroxyl groups is 1. The number of halogens is 1. The number of ether oxygens (including phenoxy) is 2. The molecule has 0 fully saturated rings. The summed E-state index contributed by atoms with van der Waals surface area (Å²) in [7, 11) is 0. The van der Waals surface area contributed by atoms with Crippen LogP contribution in [0.4, 0.5) is 10.5 Å². The van der Waals surface area contributed by atoms with Crippen LogP contribution in [-0.2, 0) is 14.9 Å². The third-order valence-electron chi connectivity index (χ3n) is 3.89. The summed E-state index contributed by atoms with van der Waals surface area (Å²) in [6.07, 6.45) is -0.488. The normalized spacial score (nSPS) is 19.5. The molecule has 0 aromatic heterocycles. The standard InChI is InChI=1S/C18H23BrN2O4/c1-17(2,3)25-16(23)21-10-18(4,11-24-6-5-22)14-8-13(19)7-12(9-20)15(14)21/h7-8,22H,5-6,10-11H2,1-4H3. The Morgan fingerprint density at radius 2 is 2.16 bits per heavy atom. The van der Waals surface area contributed by atoms with E-state index in [0.717, 1.165) is 10.0 Å². The van der Waals surface area contributed by atoms with E-state index in [9.17, 15) is 10.1 Å². The summed E-state index contributed by atoms with van der Waals surface area (Å²) in [6, 6.07) is 5.76. The minimum atomic E-state index is -0.633. The van der Waals surface area contributed by atoms with Crippen molar-refractivity contribution in [1.82, 2.24) is 0 Å². The Hall–Kier alpha value is -1.62. The molecule has 1 aliphatic heterocycles.